The molecule has 1 aromatic rings. The second-order valence-corrected chi connectivity index (χ2v) is 4.35. The maximum atomic E-state index is 11.6. The highest BCUT2D eigenvalue weighted by Crippen LogP contribution is 2.31. The summed E-state index contributed by atoms with van der Waals surface area (Å²) in [6, 6.07) is 9.72. The lowest BCUT2D eigenvalue weighted by atomic mass is 9.87. The number of carbonyl (C=O) groups is 2. The fraction of sp³-hybridized carbons (Fsp3) is 0.333. The highest BCUT2D eigenvalue weighted by atomic mass is 35.5. The predicted octanol–water partition coefficient (Wildman–Crippen LogP) is 1.67. The van der Waals surface area contributed by atoms with E-state index in [1.54, 1.807) is 0 Å². The van der Waals surface area contributed by atoms with E-state index in [2.05, 4.69) is 5.32 Å². The van der Waals surface area contributed by atoms with Gasteiger partial charge in [0.2, 0.25) is 11.1 Å². The minimum Gasteiger partial charge on any atom is -0.355 e. The van der Waals surface area contributed by atoms with Gasteiger partial charge in [-0.1, -0.05) is 30.3 Å². The molecular weight excluding hydrogens is 226 g/mol. The molecule has 1 aliphatic heterocycles. The van der Waals surface area contributed by atoms with Gasteiger partial charge in [0.25, 0.3) is 0 Å². The molecule has 1 heterocycles. The van der Waals surface area contributed by atoms with Crippen molar-refractivity contribution < 1.29 is 9.59 Å². The molecule has 1 amide bonds. The van der Waals surface area contributed by atoms with Gasteiger partial charge in [-0.2, -0.15) is 0 Å². The standard InChI is InChI=1S/C12H12ClNO2/c13-11(15)6-9-10(7-14-12(9)16)8-4-2-1-3-5-8/h1-5,9-10H,6-7H2,(H,14,16)/t9?,10-/m0/s1. The van der Waals surface area contributed by atoms with E-state index in [1.165, 1.54) is 0 Å². The van der Waals surface area contributed by atoms with Crippen LogP contribution < -0.4 is 5.32 Å². The summed E-state index contributed by atoms with van der Waals surface area (Å²) in [6.45, 7) is 0.581. The lowest BCUT2D eigenvalue weighted by molar-refractivity contribution is -0.125. The van der Waals surface area contributed by atoms with Crippen LogP contribution in [-0.4, -0.2) is 17.7 Å². The quantitative estimate of drug-likeness (QED) is 0.813. The first-order chi connectivity index (χ1) is 7.68. The Labute approximate surface area is 98.8 Å². The van der Waals surface area contributed by atoms with Gasteiger partial charge in [0, 0.05) is 18.9 Å². The monoisotopic (exact) mass is 237 g/mol. The van der Waals surface area contributed by atoms with Crippen molar-refractivity contribution in [3.05, 3.63) is 35.9 Å². The fourth-order valence-corrected chi connectivity index (χ4v) is 2.29. The summed E-state index contributed by atoms with van der Waals surface area (Å²) >= 11 is 5.36. The van der Waals surface area contributed by atoms with Crippen LogP contribution >= 0.6 is 11.6 Å². The highest BCUT2D eigenvalue weighted by molar-refractivity contribution is 6.63. The molecule has 1 aromatic carbocycles. The molecule has 1 aliphatic rings. The Morgan fingerprint density at radius 1 is 1.38 bits per heavy atom. The van der Waals surface area contributed by atoms with Gasteiger partial charge < -0.3 is 5.32 Å². The number of halogens is 1. The molecule has 0 saturated carbocycles. The molecule has 1 unspecified atom stereocenters. The normalized spacial score (nSPS) is 24.2. The van der Waals surface area contributed by atoms with E-state index in [0.29, 0.717) is 6.54 Å². The van der Waals surface area contributed by atoms with Gasteiger partial charge in [0.05, 0.1) is 5.92 Å². The van der Waals surface area contributed by atoms with Gasteiger partial charge in [0.1, 0.15) is 0 Å². The van der Waals surface area contributed by atoms with Gasteiger partial charge >= 0.3 is 0 Å². The molecule has 16 heavy (non-hydrogen) atoms. The smallest absolute Gasteiger partial charge is 0.224 e. The van der Waals surface area contributed by atoms with Gasteiger partial charge in [-0.05, 0) is 17.2 Å². The van der Waals surface area contributed by atoms with Crippen molar-refractivity contribution in [2.75, 3.05) is 6.54 Å². The SMILES string of the molecule is O=C(Cl)CC1C(=O)NC[C@H]1c1ccccc1. The minimum absolute atomic E-state index is 0.0522. The topological polar surface area (TPSA) is 46.2 Å². The maximum absolute atomic E-state index is 11.6. The van der Waals surface area contributed by atoms with Crippen LogP contribution in [0.3, 0.4) is 0 Å². The fourth-order valence-electron chi connectivity index (χ4n) is 2.12. The second kappa shape index (κ2) is 4.66. The average molecular weight is 238 g/mol. The first-order valence-electron chi connectivity index (χ1n) is 5.19. The summed E-state index contributed by atoms with van der Waals surface area (Å²) in [7, 11) is 0. The van der Waals surface area contributed by atoms with Crippen molar-refractivity contribution in [1.82, 2.24) is 5.32 Å². The van der Waals surface area contributed by atoms with Crippen LogP contribution in [0.5, 0.6) is 0 Å². The Bertz CT molecular complexity index is 405. The first-order valence-corrected chi connectivity index (χ1v) is 5.57. The summed E-state index contributed by atoms with van der Waals surface area (Å²) in [4.78, 5) is 22.5. The molecule has 0 bridgehead atoms. The van der Waals surface area contributed by atoms with E-state index < -0.39 is 5.24 Å². The Morgan fingerprint density at radius 2 is 2.06 bits per heavy atom. The Balaban J connectivity index is 2.21. The van der Waals surface area contributed by atoms with Crippen molar-refractivity contribution in [3.8, 4) is 0 Å². The zero-order valence-electron chi connectivity index (χ0n) is 8.65. The lowest BCUT2D eigenvalue weighted by Crippen LogP contribution is -2.21. The molecule has 84 valence electrons. The highest BCUT2D eigenvalue weighted by Gasteiger charge is 2.36. The van der Waals surface area contributed by atoms with Crippen molar-refractivity contribution in [2.24, 2.45) is 5.92 Å². The van der Waals surface area contributed by atoms with E-state index in [9.17, 15) is 9.59 Å². The Morgan fingerprint density at radius 3 is 2.69 bits per heavy atom. The third-order valence-corrected chi connectivity index (χ3v) is 3.08. The van der Waals surface area contributed by atoms with Crippen LogP contribution in [0.15, 0.2) is 30.3 Å². The summed E-state index contributed by atoms with van der Waals surface area (Å²) < 4.78 is 0. The van der Waals surface area contributed by atoms with E-state index >= 15 is 0 Å². The summed E-state index contributed by atoms with van der Waals surface area (Å²) in [6.07, 6.45) is 0.104. The van der Waals surface area contributed by atoms with Crippen molar-refractivity contribution in [2.45, 2.75) is 12.3 Å². The molecule has 0 aromatic heterocycles. The number of nitrogens with one attached hydrogen (secondary N) is 1. The number of rotatable bonds is 3. The van der Waals surface area contributed by atoms with E-state index in [-0.39, 0.29) is 24.2 Å². The van der Waals surface area contributed by atoms with Crippen LogP contribution in [0, 0.1) is 5.92 Å². The predicted molar refractivity (Wildman–Crippen MR) is 61.2 cm³/mol. The second-order valence-electron chi connectivity index (χ2n) is 3.93. The summed E-state index contributed by atoms with van der Waals surface area (Å²) in [5.41, 5.74) is 1.07. The average Bonchev–Trinajstić information content (AvgIpc) is 2.61. The van der Waals surface area contributed by atoms with Crippen LogP contribution in [0.1, 0.15) is 17.9 Å². The largest absolute Gasteiger partial charge is 0.355 e. The molecule has 0 radical (unpaired) electrons. The maximum Gasteiger partial charge on any atom is 0.224 e. The number of amides is 1. The van der Waals surface area contributed by atoms with Crippen LogP contribution in [0.25, 0.3) is 0 Å². The van der Waals surface area contributed by atoms with Crippen molar-refractivity contribution >= 4 is 22.8 Å². The first kappa shape index (κ1) is 11.1. The van der Waals surface area contributed by atoms with Crippen LogP contribution in [0.2, 0.25) is 0 Å². The van der Waals surface area contributed by atoms with Gasteiger partial charge in [-0.25, -0.2) is 0 Å². The molecular formula is C12H12ClNO2. The summed E-state index contributed by atoms with van der Waals surface area (Å²) in [5, 5.41) is 2.32. The molecule has 2 rings (SSSR count). The lowest BCUT2D eigenvalue weighted by Gasteiger charge is -2.15. The van der Waals surface area contributed by atoms with Crippen molar-refractivity contribution in [1.29, 1.82) is 0 Å². The van der Waals surface area contributed by atoms with Crippen LogP contribution in [0.4, 0.5) is 0 Å². The van der Waals surface area contributed by atoms with Crippen molar-refractivity contribution in [3.63, 3.8) is 0 Å². The van der Waals surface area contributed by atoms with Gasteiger partial charge in [-0.3, -0.25) is 9.59 Å². The molecule has 1 N–H and O–H groups in total. The molecule has 2 atom stereocenters. The van der Waals surface area contributed by atoms with Gasteiger partial charge in [0.15, 0.2) is 0 Å². The Hall–Kier alpha value is -1.35. The van der Waals surface area contributed by atoms with Gasteiger partial charge in [-0.15, -0.1) is 0 Å². The van der Waals surface area contributed by atoms with E-state index in [4.69, 9.17) is 11.6 Å². The number of carbonyl (C=O) groups excluding carboxylic acids is 2. The molecule has 4 heteroatoms. The van der Waals surface area contributed by atoms with E-state index in [1.807, 2.05) is 30.3 Å². The number of hydrogen-bond acceptors (Lipinski definition) is 2. The minimum atomic E-state index is -0.456. The third kappa shape index (κ3) is 2.25. The van der Waals surface area contributed by atoms with Crippen LogP contribution in [-0.2, 0) is 9.59 Å². The zero-order chi connectivity index (χ0) is 11.5. The molecule has 0 aliphatic carbocycles. The molecule has 1 fully saturated rings. The zero-order valence-corrected chi connectivity index (χ0v) is 9.41. The molecule has 3 nitrogen and oxygen atoms in total. The third-order valence-electron chi connectivity index (χ3n) is 2.93. The summed E-state index contributed by atoms with van der Waals surface area (Å²) in [5.74, 6) is -0.355. The molecule has 0 spiro atoms. The number of hydrogen-bond donors (Lipinski definition) is 1. The Kier molecular flexibility index (Phi) is 3.25. The molecule has 1 saturated heterocycles. The number of benzene rings is 1. The van der Waals surface area contributed by atoms with E-state index in [0.717, 1.165) is 5.56 Å².